The third kappa shape index (κ3) is 3.86. The van der Waals surface area contributed by atoms with E-state index in [4.69, 9.17) is 5.11 Å². The number of carboxylic acid groups (broad SMARTS) is 1. The van der Waals surface area contributed by atoms with Crippen LogP contribution in [0.25, 0.3) is 0 Å². The molecule has 0 aliphatic carbocycles. The SMILES string of the molecule is C[C@H](NC(=O)C1CCCN(C(=O)N2CCCC2)C1)C(=O)O. The number of urea groups is 1. The largest absolute Gasteiger partial charge is 0.480 e. The quantitative estimate of drug-likeness (QED) is 0.794. The lowest BCUT2D eigenvalue weighted by molar-refractivity contribution is -0.142. The Bertz CT molecular complexity index is 420. The van der Waals surface area contributed by atoms with Crippen LogP contribution < -0.4 is 5.32 Å². The molecular formula is C14H23N3O4. The summed E-state index contributed by atoms with van der Waals surface area (Å²) in [6, 6.07) is -0.890. The summed E-state index contributed by atoms with van der Waals surface area (Å²) in [5.74, 6) is -1.64. The van der Waals surface area contributed by atoms with Crippen LogP contribution in [0.15, 0.2) is 0 Å². The number of nitrogens with zero attached hydrogens (tertiary/aromatic N) is 2. The number of carboxylic acids is 1. The zero-order valence-electron chi connectivity index (χ0n) is 12.4. The van der Waals surface area contributed by atoms with Gasteiger partial charge in [0, 0.05) is 26.2 Å². The van der Waals surface area contributed by atoms with Crippen molar-refractivity contribution in [1.29, 1.82) is 0 Å². The van der Waals surface area contributed by atoms with Crippen LogP contribution in [0.3, 0.4) is 0 Å². The second-order valence-electron chi connectivity index (χ2n) is 5.83. The maximum Gasteiger partial charge on any atom is 0.325 e. The zero-order valence-corrected chi connectivity index (χ0v) is 12.4. The summed E-state index contributed by atoms with van der Waals surface area (Å²) in [4.78, 5) is 38.7. The molecular weight excluding hydrogens is 274 g/mol. The van der Waals surface area contributed by atoms with Crippen LogP contribution in [0.4, 0.5) is 4.79 Å². The average molecular weight is 297 g/mol. The molecule has 0 aromatic heterocycles. The highest BCUT2D eigenvalue weighted by Crippen LogP contribution is 2.20. The van der Waals surface area contributed by atoms with Gasteiger partial charge in [-0.05, 0) is 32.6 Å². The van der Waals surface area contributed by atoms with Crippen LogP contribution in [0.1, 0.15) is 32.6 Å². The minimum atomic E-state index is -1.05. The highest BCUT2D eigenvalue weighted by Gasteiger charge is 2.32. The molecule has 1 unspecified atom stereocenters. The van der Waals surface area contributed by atoms with Crippen molar-refractivity contribution >= 4 is 17.9 Å². The summed E-state index contributed by atoms with van der Waals surface area (Å²) in [5.41, 5.74) is 0. The summed E-state index contributed by atoms with van der Waals surface area (Å²) in [6.45, 7) is 4.09. The van der Waals surface area contributed by atoms with Crippen molar-refractivity contribution in [3.63, 3.8) is 0 Å². The van der Waals surface area contributed by atoms with E-state index in [9.17, 15) is 14.4 Å². The van der Waals surface area contributed by atoms with Crippen molar-refractivity contribution in [1.82, 2.24) is 15.1 Å². The van der Waals surface area contributed by atoms with Crippen molar-refractivity contribution < 1.29 is 19.5 Å². The first-order valence-corrected chi connectivity index (χ1v) is 7.56. The molecule has 3 amide bonds. The van der Waals surface area contributed by atoms with Gasteiger partial charge in [-0.1, -0.05) is 0 Å². The van der Waals surface area contributed by atoms with E-state index in [0.29, 0.717) is 19.5 Å². The lowest BCUT2D eigenvalue weighted by Crippen LogP contribution is -2.51. The van der Waals surface area contributed by atoms with Gasteiger partial charge in [0.05, 0.1) is 5.92 Å². The fourth-order valence-electron chi connectivity index (χ4n) is 2.87. The van der Waals surface area contributed by atoms with Crippen LogP contribution in [-0.4, -0.2) is 65.0 Å². The summed E-state index contributed by atoms with van der Waals surface area (Å²) in [6.07, 6.45) is 3.56. The fourth-order valence-corrected chi connectivity index (χ4v) is 2.87. The van der Waals surface area contributed by atoms with E-state index in [0.717, 1.165) is 32.4 Å². The molecule has 0 radical (unpaired) electrons. The summed E-state index contributed by atoms with van der Waals surface area (Å²) in [7, 11) is 0. The molecule has 0 aromatic rings. The number of amides is 3. The van der Waals surface area contributed by atoms with Crippen LogP contribution in [0, 0.1) is 5.92 Å². The molecule has 0 aromatic carbocycles. The Kier molecular flexibility index (Phi) is 5.03. The minimum absolute atomic E-state index is 0.0104. The summed E-state index contributed by atoms with van der Waals surface area (Å²) in [5, 5.41) is 11.3. The van der Waals surface area contributed by atoms with Gasteiger partial charge >= 0.3 is 12.0 Å². The molecule has 0 spiro atoms. The summed E-state index contributed by atoms with van der Waals surface area (Å²) >= 11 is 0. The first-order chi connectivity index (χ1) is 9.99. The van der Waals surface area contributed by atoms with E-state index < -0.39 is 12.0 Å². The maximum atomic E-state index is 12.3. The lowest BCUT2D eigenvalue weighted by atomic mass is 9.97. The molecule has 2 fully saturated rings. The number of carbonyl (C=O) groups is 3. The Morgan fingerprint density at radius 3 is 2.33 bits per heavy atom. The number of carbonyl (C=O) groups excluding carboxylic acids is 2. The van der Waals surface area contributed by atoms with E-state index in [2.05, 4.69) is 5.32 Å². The minimum Gasteiger partial charge on any atom is -0.480 e. The van der Waals surface area contributed by atoms with E-state index >= 15 is 0 Å². The molecule has 7 nitrogen and oxygen atoms in total. The molecule has 2 aliphatic heterocycles. The maximum absolute atomic E-state index is 12.3. The monoisotopic (exact) mass is 297 g/mol. The van der Waals surface area contributed by atoms with Gasteiger partial charge in [0.25, 0.3) is 0 Å². The second-order valence-corrected chi connectivity index (χ2v) is 5.83. The predicted molar refractivity (Wildman–Crippen MR) is 75.7 cm³/mol. The van der Waals surface area contributed by atoms with Crippen LogP contribution in [-0.2, 0) is 9.59 Å². The van der Waals surface area contributed by atoms with Gasteiger partial charge in [-0.2, -0.15) is 0 Å². The van der Waals surface area contributed by atoms with Crippen molar-refractivity contribution in [3.05, 3.63) is 0 Å². The van der Waals surface area contributed by atoms with Gasteiger partial charge in [0.1, 0.15) is 6.04 Å². The van der Waals surface area contributed by atoms with Gasteiger partial charge in [0.15, 0.2) is 0 Å². The molecule has 7 heteroatoms. The highest BCUT2D eigenvalue weighted by molar-refractivity contribution is 5.85. The van der Waals surface area contributed by atoms with E-state index in [1.807, 2.05) is 4.90 Å². The average Bonchev–Trinajstić information content (AvgIpc) is 3.00. The molecule has 2 atom stereocenters. The second kappa shape index (κ2) is 6.78. The van der Waals surface area contributed by atoms with E-state index in [-0.39, 0.29) is 17.9 Å². The zero-order chi connectivity index (χ0) is 15.4. The van der Waals surface area contributed by atoms with Crippen molar-refractivity contribution in [2.75, 3.05) is 26.2 Å². The number of nitrogens with one attached hydrogen (secondary N) is 1. The van der Waals surface area contributed by atoms with Crippen molar-refractivity contribution in [3.8, 4) is 0 Å². The molecule has 2 heterocycles. The van der Waals surface area contributed by atoms with Gasteiger partial charge in [-0.3, -0.25) is 9.59 Å². The Morgan fingerprint density at radius 2 is 1.71 bits per heavy atom. The molecule has 2 aliphatic rings. The van der Waals surface area contributed by atoms with Gasteiger partial charge < -0.3 is 20.2 Å². The molecule has 0 bridgehead atoms. The number of hydrogen-bond donors (Lipinski definition) is 2. The van der Waals surface area contributed by atoms with Crippen molar-refractivity contribution in [2.24, 2.45) is 5.92 Å². The van der Waals surface area contributed by atoms with E-state index in [1.54, 1.807) is 4.90 Å². The lowest BCUT2D eigenvalue weighted by Gasteiger charge is -2.34. The van der Waals surface area contributed by atoms with Crippen LogP contribution >= 0.6 is 0 Å². The molecule has 0 saturated carbocycles. The first kappa shape index (κ1) is 15.6. The third-order valence-corrected chi connectivity index (χ3v) is 4.17. The van der Waals surface area contributed by atoms with Crippen LogP contribution in [0.5, 0.6) is 0 Å². The van der Waals surface area contributed by atoms with Gasteiger partial charge in [0.2, 0.25) is 5.91 Å². The normalized spacial score (nSPS) is 23.8. The smallest absolute Gasteiger partial charge is 0.325 e. The molecule has 2 N–H and O–H groups in total. The topological polar surface area (TPSA) is 90.0 Å². The Balaban J connectivity index is 1.89. The number of hydrogen-bond acceptors (Lipinski definition) is 3. The summed E-state index contributed by atoms with van der Waals surface area (Å²) < 4.78 is 0. The Labute approximate surface area is 124 Å². The molecule has 2 saturated heterocycles. The molecule has 2 rings (SSSR count). The van der Waals surface area contributed by atoms with Crippen molar-refractivity contribution in [2.45, 2.75) is 38.6 Å². The number of rotatable bonds is 3. The molecule has 21 heavy (non-hydrogen) atoms. The highest BCUT2D eigenvalue weighted by atomic mass is 16.4. The van der Waals surface area contributed by atoms with E-state index in [1.165, 1.54) is 6.92 Å². The Morgan fingerprint density at radius 1 is 1.10 bits per heavy atom. The van der Waals surface area contributed by atoms with Crippen LogP contribution in [0.2, 0.25) is 0 Å². The Hall–Kier alpha value is -1.79. The third-order valence-electron chi connectivity index (χ3n) is 4.17. The number of piperidine rings is 1. The molecule has 118 valence electrons. The predicted octanol–water partition coefficient (Wildman–Crippen LogP) is 0.504. The first-order valence-electron chi connectivity index (χ1n) is 7.56. The fraction of sp³-hybridized carbons (Fsp3) is 0.786. The number of aliphatic carboxylic acids is 1. The number of likely N-dealkylation sites (tertiary alicyclic amines) is 2. The standard InChI is InChI=1S/C14H23N3O4/c1-10(13(19)20)15-12(18)11-5-4-8-17(9-11)14(21)16-6-2-3-7-16/h10-11H,2-9H2,1H3,(H,15,18)(H,19,20)/t10-,11?/m0/s1. The van der Waals surface area contributed by atoms with Gasteiger partial charge in [-0.15, -0.1) is 0 Å². The van der Waals surface area contributed by atoms with Gasteiger partial charge in [-0.25, -0.2) is 4.79 Å².